The average molecular weight is 396 g/mol. The van der Waals surface area contributed by atoms with Crippen LogP contribution in [0.3, 0.4) is 0 Å². The third-order valence-electron chi connectivity index (χ3n) is 4.70. The van der Waals surface area contributed by atoms with Crippen molar-refractivity contribution < 1.29 is 18.8 Å². The number of hydrogen-bond acceptors (Lipinski definition) is 4. The minimum Gasteiger partial charge on any atom is -0.496 e. The molecule has 0 amide bonds. The first-order valence-corrected chi connectivity index (χ1v) is 11.2. The Balaban J connectivity index is 3.09. The van der Waals surface area contributed by atoms with Gasteiger partial charge >= 0.3 is 0 Å². The molecule has 0 aliphatic heterocycles. The van der Waals surface area contributed by atoms with Crippen LogP contribution in [0.25, 0.3) is 0 Å². The fraction of sp³-hybridized carbons (Fsp3) is 0.682. The first-order chi connectivity index (χ1) is 12.6. The lowest BCUT2D eigenvalue weighted by atomic mass is 9.83. The lowest BCUT2D eigenvalue weighted by molar-refractivity contribution is 0.107. The molecule has 0 bridgehead atoms. The second kappa shape index (κ2) is 10.8. The zero-order valence-corrected chi connectivity index (χ0v) is 18.9. The molecular formula is C22H36O4P. The maximum Gasteiger partial charge on any atom is 0.249 e. The topological polar surface area (TPSA) is 52.6 Å². The van der Waals surface area contributed by atoms with Gasteiger partial charge in [-0.05, 0) is 42.7 Å². The summed E-state index contributed by atoms with van der Waals surface area (Å²) < 4.78 is 23.9. The van der Waals surface area contributed by atoms with E-state index in [-0.39, 0.29) is 16.6 Å². The SMILES string of the molecule is CCCCC(CC(C)CC(C)(C)C)[P](=O)C(=O)c1c(OC)cccc1OC. The molecule has 3 unspecified atom stereocenters. The number of carbonyl (C=O) groups excluding carboxylic acids is 1. The third-order valence-corrected chi connectivity index (χ3v) is 6.46. The largest absolute Gasteiger partial charge is 0.496 e. The Labute approximate surface area is 165 Å². The van der Waals surface area contributed by atoms with Crippen molar-refractivity contribution in [3.63, 3.8) is 0 Å². The molecule has 1 radical (unpaired) electrons. The molecule has 0 aromatic heterocycles. The number of ether oxygens (including phenoxy) is 2. The predicted octanol–water partition coefficient (Wildman–Crippen LogP) is 6.69. The van der Waals surface area contributed by atoms with E-state index in [0.29, 0.717) is 23.0 Å². The van der Waals surface area contributed by atoms with Crippen LogP contribution in [-0.4, -0.2) is 25.4 Å². The molecule has 27 heavy (non-hydrogen) atoms. The van der Waals surface area contributed by atoms with Gasteiger partial charge in [-0.2, -0.15) is 0 Å². The molecule has 1 rings (SSSR count). The predicted molar refractivity (Wildman–Crippen MR) is 113 cm³/mol. The second-order valence-corrected chi connectivity index (χ2v) is 10.4. The Morgan fingerprint density at radius 1 is 1.15 bits per heavy atom. The molecule has 4 nitrogen and oxygen atoms in total. The highest BCUT2D eigenvalue weighted by molar-refractivity contribution is 7.65. The monoisotopic (exact) mass is 395 g/mol. The molecule has 0 aliphatic rings. The van der Waals surface area contributed by atoms with Crippen LogP contribution in [0, 0.1) is 11.3 Å². The first-order valence-electron chi connectivity index (χ1n) is 9.86. The van der Waals surface area contributed by atoms with Crippen molar-refractivity contribution in [2.24, 2.45) is 11.3 Å². The summed E-state index contributed by atoms with van der Waals surface area (Å²) in [5, 5.41) is 0. The van der Waals surface area contributed by atoms with Crippen molar-refractivity contribution in [2.75, 3.05) is 14.2 Å². The van der Waals surface area contributed by atoms with Gasteiger partial charge in [-0.25, -0.2) is 0 Å². The maximum absolute atomic E-state index is 13.3. The molecule has 153 valence electrons. The van der Waals surface area contributed by atoms with Crippen LogP contribution >= 0.6 is 7.80 Å². The van der Waals surface area contributed by atoms with Crippen LogP contribution in [0.4, 0.5) is 0 Å². The summed E-state index contributed by atoms with van der Waals surface area (Å²) >= 11 is 0. The normalized spacial score (nSPS) is 14.4. The van der Waals surface area contributed by atoms with E-state index in [9.17, 15) is 9.36 Å². The Bertz CT molecular complexity index is 611. The van der Waals surface area contributed by atoms with Crippen molar-refractivity contribution >= 4 is 13.3 Å². The van der Waals surface area contributed by atoms with Gasteiger partial charge in [0.15, 0.2) is 0 Å². The highest BCUT2D eigenvalue weighted by atomic mass is 31.1. The lowest BCUT2D eigenvalue weighted by Gasteiger charge is -2.26. The van der Waals surface area contributed by atoms with Crippen LogP contribution in [-0.2, 0) is 4.57 Å². The number of methoxy groups -OCH3 is 2. The zero-order chi connectivity index (χ0) is 20.6. The number of hydrogen-bond donors (Lipinski definition) is 0. The molecule has 3 atom stereocenters. The van der Waals surface area contributed by atoms with Crippen molar-refractivity contribution in [1.29, 1.82) is 0 Å². The van der Waals surface area contributed by atoms with Crippen LogP contribution < -0.4 is 9.47 Å². The highest BCUT2D eigenvalue weighted by Gasteiger charge is 2.31. The van der Waals surface area contributed by atoms with E-state index in [1.807, 2.05) is 0 Å². The third kappa shape index (κ3) is 7.25. The van der Waals surface area contributed by atoms with Crippen molar-refractivity contribution in [1.82, 2.24) is 0 Å². The minimum atomic E-state index is -2.06. The summed E-state index contributed by atoms with van der Waals surface area (Å²) in [6, 6.07) is 5.19. The van der Waals surface area contributed by atoms with Crippen molar-refractivity contribution in [3.8, 4) is 11.5 Å². The Morgan fingerprint density at radius 2 is 1.70 bits per heavy atom. The van der Waals surface area contributed by atoms with Crippen molar-refractivity contribution in [2.45, 2.75) is 72.4 Å². The van der Waals surface area contributed by atoms with E-state index in [1.54, 1.807) is 18.2 Å². The maximum atomic E-state index is 13.3. The van der Waals surface area contributed by atoms with E-state index in [4.69, 9.17) is 9.47 Å². The van der Waals surface area contributed by atoms with Gasteiger partial charge in [0.25, 0.3) is 0 Å². The molecule has 0 fully saturated rings. The zero-order valence-electron chi connectivity index (χ0n) is 18.0. The Hall–Kier alpha value is -1.41. The number of unbranched alkanes of at least 4 members (excludes halogenated alkanes) is 1. The average Bonchev–Trinajstić information content (AvgIpc) is 2.61. The van der Waals surface area contributed by atoms with E-state index >= 15 is 0 Å². The smallest absolute Gasteiger partial charge is 0.249 e. The molecule has 0 N–H and O–H groups in total. The summed E-state index contributed by atoms with van der Waals surface area (Å²) in [5.74, 6) is 1.25. The van der Waals surface area contributed by atoms with Crippen LogP contribution in [0.15, 0.2) is 18.2 Å². The number of rotatable bonds is 11. The summed E-state index contributed by atoms with van der Waals surface area (Å²) in [7, 11) is 0.965. The number of carbonyl (C=O) groups is 1. The van der Waals surface area contributed by atoms with Gasteiger partial charge in [-0.15, -0.1) is 0 Å². The molecule has 1 aromatic rings. The van der Waals surface area contributed by atoms with Gasteiger partial charge < -0.3 is 9.47 Å². The van der Waals surface area contributed by atoms with Gasteiger partial charge in [0.05, 0.1) is 14.2 Å². The van der Waals surface area contributed by atoms with Crippen LogP contribution in [0.5, 0.6) is 11.5 Å². The molecule has 0 saturated carbocycles. The van der Waals surface area contributed by atoms with Gasteiger partial charge in [0.2, 0.25) is 5.52 Å². The van der Waals surface area contributed by atoms with E-state index in [2.05, 4.69) is 34.6 Å². The second-order valence-electron chi connectivity index (χ2n) is 8.57. The fourth-order valence-corrected chi connectivity index (χ4v) is 5.44. The number of benzene rings is 1. The lowest BCUT2D eigenvalue weighted by Crippen LogP contribution is -2.17. The summed E-state index contributed by atoms with van der Waals surface area (Å²) in [4.78, 5) is 13.1. The molecule has 1 aromatic carbocycles. The summed E-state index contributed by atoms with van der Waals surface area (Å²) in [6.07, 6.45) is 4.66. The molecule has 5 heteroatoms. The van der Waals surface area contributed by atoms with E-state index < -0.39 is 7.80 Å². The quantitative estimate of drug-likeness (QED) is 0.392. The molecule has 0 heterocycles. The molecule has 0 saturated heterocycles. The molecule has 0 aliphatic carbocycles. The van der Waals surface area contributed by atoms with Crippen molar-refractivity contribution in [3.05, 3.63) is 23.8 Å². The Morgan fingerprint density at radius 3 is 2.15 bits per heavy atom. The van der Waals surface area contributed by atoms with Gasteiger partial charge in [-0.3, -0.25) is 9.36 Å². The highest BCUT2D eigenvalue weighted by Crippen LogP contribution is 2.44. The van der Waals surface area contributed by atoms with Crippen LogP contribution in [0.2, 0.25) is 0 Å². The standard InChI is InChI=1S/C22H36O4P/c1-8-9-11-17(14-16(2)15-22(3,4)5)27(24)21(23)20-18(25-6)12-10-13-19(20)26-7/h10,12-13,16-17H,8-9,11,14-15H2,1-7H3. The fourth-order valence-electron chi connectivity index (χ4n) is 3.70. The van der Waals surface area contributed by atoms with Gasteiger partial charge in [0.1, 0.15) is 24.9 Å². The first kappa shape index (κ1) is 23.6. The summed E-state index contributed by atoms with van der Waals surface area (Å²) in [5.41, 5.74) is 0.0485. The van der Waals surface area contributed by atoms with Crippen LogP contribution in [0.1, 0.15) is 77.1 Å². The van der Waals surface area contributed by atoms with Gasteiger partial charge in [-0.1, -0.05) is 53.5 Å². The molecule has 0 spiro atoms. The minimum absolute atomic E-state index is 0.112. The van der Waals surface area contributed by atoms with Gasteiger partial charge in [0, 0.05) is 5.66 Å². The molecular weight excluding hydrogens is 359 g/mol. The Kier molecular flexibility index (Phi) is 9.45. The van der Waals surface area contributed by atoms with E-state index in [0.717, 1.165) is 32.1 Å². The summed E-state index contributed by atoms with van der Waals surface area (Å²) in [6.45, 7) is 11.0. The van der Waals surface area contributed by atoms with E-state index in [1.165, 1.54) is 14.2 Å².